The summed E-state index contributed by atoms with van der Waals surface area (Å²) in [4.78, 5) is 20.0. The van der Waals surface area contributed by atoms with Crippen LogP contribution in [0.2, 0.25) is 5.02 Å². The van der Waals surface area contributed by atoms with Crippen molar-refractivity contribution >= 4 is 28.3 Å². The molecule has 2 aromatic heterocycles. The number of hydrogen-bond donors (Lipinski definition) is 3. The second-order valence-electron chi connectivity index (χ2n) is 7.44. The lowest BCUT2D eigenvalue weighted by atomic mass is 9.85. The van der Waals surface area contributed by atoms with E-state index in [0.29, 0.717) is 21.6 Å². The van der Waals surface area contributed by atoms with Crippen LogP contribution in [0.1, 0.15) is 37.6 Å². The number of rotatable bonds is 2. The lowest BCUT2D eigenvalue weighted by Gasteiger charge is -2.22. The molecule has 0 saturated carbocycles. The highest BCUT2D eigenvalue weighted by molar-refractivity contribution is 6.31. The van der Waals surface area contributed by atoms with Crippen molar-refractivity contribution < 1.29 is 0 Å². The van der Waals surface area contributed by atoms with E-state index in [4.69, 9.17) is 22.7 Å². The molecular weight excluding hydrogens is 348 g/mol. The molecule has 3 rings (SSSR count). The van der Waals surface area contributed by atoms with E-state index in [1.165, 1.54) is 12.3 Å². The van der Waals surface area contributed by atoms with E-state index < -0.39 is 0 Å². The number of nitrogens with zero attached hydrogens (tertiary/aromatic N) is 1. The van der Waals surface area contributed by atoms with Crippen LogP contribution in [-0.2, 0) is 5.41 Å². The summed E-state index contributed by atoms with van der Waals surface area (Å²) in [6.45, 7) is 8.33. The molecule has 5 nitrogen and oxygen atoms in total. The van der Waals surface area contributed by atoms with Crippen LogP contribution in [0.15, 0.2) is 35.3 Å². The van der Waals surface area contributed by atoms with Gasteiger partial charge in [-0.15, -0.1) is 0 Å². The Morgan fingerprint density at radius 3 is 2.58 bits per heavy atom. The van der Waals surface area contributed by atoms with Crippen molar-refractivity contribution in [1.29, 1.82) is 5.41 Å². The van der Waals surface area contributed by atoms with Gasteiger partial charge < -0.3 is 10.7 Å². The Hall–Kier alpha value is -2.66. The van der Waals surface area contributed by atoms with Crippen molar-refractivity contribution in [3.63, 3.8) is 0 Å². The Morgan fingerprint density at radius 2 is 1.96 bits per heavy atom. The molecule has 0 atom stereocenters. The molecule has 0 aliphatic rings. The first-order valence-corrected chi connectivity index (χ1v) is 8.65. The fraction of sp³-hybridized carbons (Fsp3) is 0.250. The number of nitrogens with one attached hydrogen (secondary N) is 2. The van der Waals surface area contributed by atoms with Crippen LogP contribution < -0.4 is 11.2 Å². The van der Waals surface area contributed by atoms with E-state index in [-0.39, 0.29) is 22.4 Å². The monoisotopic (exact) mass is 368 g/mol. The largest absolute Gasteiger partial charge is 0.382 e. The molecule has 4 N–H and O–H groups in total. The molecule has 0 saturated heterocycles. The summed E-state index contributed by atoms with van der Waals surface area (Å²) in [5.74, 6) is -0.234. The zero-order chi connectivity index (χ0) is 19.2. The molecule has 26 heavy (non-hydrogen) atoms. The lowest BCUT2D eigenvalue weighted by molar-refractivity contribution is 0.590. The second kappa shape index (κ2) is 6.25. The Balaban J connectivity index is 2.26. The van der Waals surface area contributed by atoms with Gasteiger partial charge in [-0.3, -0.25) is 15.2 Å². The van der Waals surface area contributed by atoms with E-state index in [9.17, 15) is 4.79 Å². The predicted molar refractivity (Wildman–Crippen MR) is 107 cm³/mol. The van der Waals surface area contributed by atoms with E-state index in [1.807, 2.05) is 13.0 Å². The molecule has 0 aliphatic heterocycles. The van der Waals surface area contributed by atoms with Crippen LogP contribution in [0, 0.1) is 12.3 Å². The number of nitrogens with two attached hydrogens (primary N) is 1. The van der Waals surface area contributed by atoms with Gasteiger partial charge in [0.25, 0.3) is 0 Å². The molecule has 0 bridgehead atoms. The van der Waals surface area contributed by atoms with Gasteiger partial charge in [0.15, 0.2) is 5.43 Å². The van der Waals surface area contributed by atoms with Gasteiger partial charge in [-0.1, -0.05) is 38.4 Å². The van der Waals surface area contributed by atoms with E-state index in [2.05, 4.69) is 36.8 Å². The van der Waals surface area contributed by atoms with Crippen LogP contribution in [0.5, 0.6) is 0 Å². The third-order valence-electron chi connectivity index (χ3n) is 4.41. The van der Waals surface area contributed by atoms with Gasteiger partial charge in [0.2, 0.25) is 0 Å². The van der Waals surface area contributed by atoms with Gasteiger partial charge in [0, 0.05) is 22.8 Å². The van der Waals surface area contributed by atoms with Crippen molar-refractivity contribution in [2.45, 2.75) is 33.1 Å². The third-order valence-corrected chi connectivity index (χ3v) is 4.72. The van der Waals surface area contributed by atoms with Gasteiger partial charge in [-0.2, -0.15) is 0 Å². The van der Waals surface area contributed by atoms with Crippen molar-refractivity contribution in [2.24, 2.45) is 5.73 Å². The molecule has 3 aromatic rings. The number of H-pyrrole nitrogens is 1. The number of amidine groups is 1. The second-order valence-corrected chi connectivity index (χ2v) is 7.85. The Morgan fingerprint density at radius 1 is 1.27 bits per heavy atom. The number of pyridine rings is 2. The van der Waals surface area contributed by atoms with Gasteiger partial charge in [-0.05, 0) is 35.6 Å². The SMILES string of the molecule is Cc1cc(C(C)(C)C)c(Cl)cc1-c1cc(=O)c2c(C(=N)N)nccc2[nH]1. The predicted octanol–water partition coefficient (Wildman–Crippen LogP) is 4.13. The summed E-state index contributed by atoms with van der Waals surface area (Å²) in [7, 11) is 0. The minimum absolute atomic E-state index is 0.0702. The van der Waals surface area contributed by atoms with E-state index >= 15 is 0 Å². The Bertz CT molecular complexity index is 1090. The minimum atomic E-state index is -0.234. The maximum atomic E-state index is 12.7. The van der Waals surface area contributed by atoms with Gasteiger partial charge in [0.05, 0.1) is 16.6 Å². The van der Waals surface area contributed by atoms with Crippen molar-refractivity contribution in [2.75, 3.05) is 0 Å². The summed E-state index contributed by atoms with van der Waals surface area (Å²) < 4.78 is 0. The zero-order valence-corrected chi connectivity index (χ0v) is 16.0. The summed E-state index contributed by atoms with van der Waals surface area (Å²) in [5, 5.41) is 8.60. The average molecular weight is 369 g/mol. The van der Waals surface area contributed by atoms with Crippen molar-refractivity contribution in [3.8, 4) is 11.3 Å². The number of aromatic amines is 1. The first kappa shape index (κ1) is 18.1. The highest BCUT2D eigenvalue weighted by atomic mass is 35.5. The maximum Gasteiger partial charge on any atom is 0.192 e. The highest BCUT2D eigenvalue weighted by Crippen LogP contribution is 2.35. The summed E-state index contributed by atoms with van der Waals surface area (Å²) in [6.07, 6.45) is 1.53. The van der Waals surface area contributed by atoms with Crippen molar-refractivity contribution in [3.05, 3.63) is 62.5 Å². The lowest BCUT2D eigenvalue weighted by Crippen LogP contribution is -2.18. The third kappa shape index (κ3) is 3.10. The average Bonchev–Trinajstić information content (AvgIpc) is 2.54. The van der Waals surface area contributed by atoms with Gasteiger partial charge >= 0.3 is 0 Å². The van der Waals surface area contributed by atoms with Crippen LogP contribution in [0.25, 0.3) is 22.2 Å². The number of aryl methyl sites for hydroxylation is 1. The van der Waals surface area contributed by atoms with Crippen LogP contribution in [-0.4, -0.2) is 15.8 Å². The number of benzene rings is 1. The standard InChI is InChI=1S/C20H21ClN4O/c1-10-7-12(20(2,3)4)13(21)8-11(10)15-9-16(26)17-14(25-15)5-6-24-18(17)19(22)23/h5-9H,1-4H3,(H3,22,23)(H,25,26). The van der Waals surface area contributed by atoms with Crippen molar-refractivity contribution in [1.82, 2.24) is 9.97 Å². The van der Waals surface area contributed by atoms with E-state index in [1.54, 1.807) is 6.07 Å². The quantitative estimate of drug-likeness (QED) is 0.468. The maximum absolute atomic E-state index is 12.7. The summed E-state index contributed by atoms with van der Waals surface area (Å²) in [6, 6.07) is 7.16. The van der Waals surface area contributed by atoms with Crippen LogP contribution in [0.3, 0.4) is 0 Å². The first-order valence-electron chi connectivity index (χ1n) is 8.27. The highest BCUT2D eigenvalue weighted by Gasteiger charge is 2.20. The molecule has 0 aliphatic carbocycles. The minimum Gasteiger partial charge on any atom is -0.382 e. The Labute approximate surface area is 156 Å². The smallest absolute Gasteiger partial charge is 0.192 e. The molecule has 0 spiro atoms. The van der Waals surface area contributed by atoms with Gasteiger partial charge in [0.1, 0.15) is 11.5 Å². The molecule has 6 heteroatoms. The number of halogens is 1. The molecule has 0 fully saturated rings. The summed E-state index contributed by atoms with van der Waals surface area (Å²) >= 11 is 6.51. The van der Waals surface area contributed by atoms with Crippen LogP contribution >= 0.6 is 11.6 Å². The van der Waals surface area contributed by atoms with Crippen LogP contribution in [0.4, 0.5) is 0 Å². The zero-order valence-electron chi connectivity index (χ0n) is 15.2. The molecular formula is C20H21ClN4O. The number of nitrogen functional groups attached to an aromatic ring is 1. The molecule has 134 valence electrons. The summed E-state index contributed by atoms with van der Waals surface area (Å²) in [5.41, 5.74) is 9.64. The number of fused-ring (bicyclic) bond motifs is 1. The number of aromatic nitrogens is 2. The Kier molecular flexibility index (Phi) is 4.36. The fourth-order valence-corrected chi connectivity index (χ4v) is 3.54. The molecule has 1 aromatic carbocycles. The number of hydrogen-bond acceptors (Lipinski definition) is 3. The molecule has 0 unspecified atom stereocenters. The van der Waals surface area contributed by atoms with E-state index in [0.717, 1.165) is 16.7 Å². The molecule has 0 radical (unpaired) electrons. The fourth-order valence-electron chi connectivity index (χ4n) is 3.10. The molecule has 0 amide bonds. The first-order chi connectivity index (χ1) is 12.1. The normalized spacial score (nSPS) is 11.7. The topological polar surface area (TPSA) is 95.6 Å². The van der Waals surface area contributed by atoms with Gasteiger partial charge in [-0.25, -0.2) is 0 Å². The molecule has 2 heterocycles.